The Labute approximate surface area is 162 Å². The molecule has 1 amide bonds. The summed E-state index contributed by atoms with van der Waals surface area (Å²) in [6.45, 7) is 3.91. The quantitative estimate of drug-likeness (QED) is 0.559. The summed E-state index contributed by atoms with van der Waals surface area (Å²) in [4.78, 5) is 25.8. The third kappa shape index (κ3) is 2.97. The van der Waals surface area contributed by atoms with Crippen molar-refractivity contribution in [2.45, 2.75) is 32.4 Å². The fourth-order valence-corrected chi connectivity index (χ4v) is 3.80. The third-order valence-corrected chi connectivity index (χ3v) is 5.18. The maximum Gasteiger partial charge on any atom is 0.288 e. The van der Waals surface area contributed by atoms with E-state index >= 15 is 0 Å². The smallest absolute Gasteiger partial charge is 0.288 e. The highest BCUT2D eigenvalue weighted by Crippen LogP contribution is 2.31. The van der Waals surface area contributed by atoms with Crippen molar-refractivity contribution in [2.75, 3.05) is 0 Å². The summed E-state index contributed by atoms with van der Waals surface area (Å²) in [5, 5.41) is 11.2. The molecule has 2 aromatic heterocycles. The number of para-hydroxylation sites is 1. The molecule has 0 spiro atoms. The van der Waals surface area contributed by atoms with Crippen molar-refractivity contribution >= 4 is 27.7 Å². The normalized spacial score (nSPS) is 13.5. The molecule has 0 bridgehead atoms. The molecule has 0 unspecified atom stereocenters. The van der Waals surface area contributed by atoms with Gasteiger partial charge in [0.05, 0.1) is 17.8 Å². The van der Waals surface area contributed by atoms with E-state index in [-0.39, 0.29) is 17.5 Å². The van der Waals surface area contributed by atoms with Crippen LogP contribution in [0.3, 0.4) is 0 Å². The molecule has 142 valence electrons. The minimum Gasteiger partial charge on any atom is -0.348 e. The van der Waals surface area contributed by atoms with Crippen molar-refractivity contribution < 1.29 is 4.79 Å². The molecule has 0 aliphatic rings. The first kappa shape index (κ1) is 18.0. The van der Waals surface area contributed by atoms with E-state index in [1.807, 2.05) is 73.0 Å². The Morgan fingerprint density at radius 1 is 1.11 bits per heavy atom. The van der Waals surface area contributed by atoms with Gasteiger partial charge in [-0.3, -0.25) is 9.59 Å². The van der Waals surface area contributed by atoms with E-state index in [2.05, 4.69) is 15.5 Å². The molecule has 4 aromatic rings. The van der Waals surface area contributed by atoms with E-state index in [4.69, 9.17) is 0 Å². The predicted molar refractivity (Wildman–Crippen MR) is 110 cm³/mol. The number of aromatic amines is 1. The van der Waals surface area contributed by atoms with Crippen LogP contribution in [-0.4, -0.2) is 20.7 Å². The predicted octanol–water partition coefficient (Wildman–Crippen LogP) is 3.71. The molecule has 0 radical (unpaired) electrons. The van der Waals surface area contributed by atoms with Crippen LogP contribution in [0.2, 0.25) is 0 Å². The second kappa shape index (κ2) is 7.31. The van der Waals surface area contributed by atoms with E-state index in [0.717, 1.165) is 21.9 Å². The lowest BCUT2D eigenvalue weighted by Crippen LogP contribution is -2.34. The summed E-state index contributed by atoms with van der Waals surface area (Å²) < 4.78 is 1.85. The highest BCUT2D eigenvalue weighted by molar-refractivity contribution is 6.08. The minimum absolute atomic E-state index is 0.113. The molecule has 28 heavy (non-hydrogen) atoms. The number of nitrogens with one attached hydrogen (secondary N) is 2. The van der Waals surface area contributed by atoms with Crippen molar-refractivity contribution in [1.82, 2.24) is 20.1 Å². The summed E-state index contributed by atoms with van der Waals surface area (Å²) >= 11 is 0. The molecule has 2 atom stereocenters. The van der Waals surface area contributed by atoms with Crippen LogP contribution in [0.25, 0.3) is 21.8 Å². The van der Waals surface area contributed by atoms with Gasteiger partial charge in [0.1, 0.15) is 11.6 Å². The van der Waals surface area contributed by atoms with E-state index in [1.54, 1.807) is 6.20 Å². The largest absolute Gasteiger partial charge is 0.348 e. The lowest BCUT2D eigenvalue weighted by Gasteiger charge is -2.22. The molecular formula is C22H22N4O2. The third-order valence-electron chi connectivity index (χ3n) is 5.18. The fourth-order valence-electron chi connectivity index (χ4n) is 3.80. The number of benzene rings is 2. The fraction of sp³-hybridized carbons (Fsp3) is 0.227. The number of rotatable bonds is 5. The molecule has 4 rings (SSSR count). The van der Waals surface area contributed by atoms with Crippen molar-refractivity contribution in [1.29, 1.82) is 0 Å². The van der Waals surface area contributed by atoms with Gasteiger partial charge in [0.25, 0.3) is 5.56 Å². The Balaban J connectivity index is 1.80. The van der Waals surface area contributed by atoms with Gasteiger partial charge in [0.15, 0.2) is 0 Å². The zero-order valence-electron chi connectivity index (χ0n) is 15.8. The SMILES string of the molecule is CC[C@H](C(=O)N[C@H](C)c1ccccc1)n1c2ccccc2c2cn[nH]c(=O)c21. The molecule has 2 heterocycles. The van der Waals surface area contributed by atoms with Gasteiger partial charge in [-0.1, -0.05) is 55.5 Å². The van der Waals surface area contributed by atoms with Gasteiger partial charge in [-0.2, -0.15) is 5.10 Å². The molecule has 0 fully saturated rings. The average Bonchev–Trinajstić information content (AvgIpc) is 3.05. The Morgan fingerprint density at radius 2 is 1.82 bits per heavy atom. The van der Waals surface area contributed by atoms with E-state index in [1.165, 1.54) is 0 Å². The van der Waals surface area contributed by atoms with Crippen LogP contribution in [0.4, 0.5) is 0 Å². The standard InChI is InChI=1S/C22H22N4O2/c1-3-18(21(27)24-14(2)15-9-5-4-6-10-15)26-19-12-8-7-11-16(19)17-13-23-25-22(28)20(17)26/h4-14,18H,3H2,1-2H3,(H,24,27)(H,25,28)/t14-,18-/m1/s1. The maximum atomic E-state index is 13.2. The molecule has 6 nitrogen and oxygen atoms in total. The van der Waals surface area contributed by atoms with E-state index in [9.17, 15) is 9.59 Å². The summed E-state index contributed by atoms with van der Waals surface area (Å²) in [6, 6.07) is 16.9. The molecular weight excluding hydrogens is 352 g/mol. The zero-order valence-corrected chi connectivity index (χ0v) is 15.8. The first-order chi connectivity index (χ1) is 13.6. The van der Waals surface area contributed by atoms with Crippen LogP contribution in [-0.2, 0) is 4.79 Å². The summed E-state index contributed by atoms with van der Waals surface area (Å²) in [5.41, 5.74) is 2.07. The molecule has 2 aromatic carbocycles. The Kier molecular flexibility index (Phi) is 4.69. The Bertz CT molecular complexity index is 1190. The number of carbonyl (C=O) groups is 1. The van der Waals surface area contributed by atoms with Crippen LogP contribution in [0.5, 0.6) is 0 Å². The molecule has 6 heteroatoms. The average molecular weight is 374 g/mol. The number of nitrogens with zero attached hydrogens (tertiary/aromatic N) is 2. The Morgan fingerprint density at radius 3 is 2.57 bits per heavy atom. The molecule has 0 aliphatic carbocycles. The number of H-pyrrole nitrogens is 1. The van der Waals surface area contributed by atoms with Gasteiger partial charge in [0.2, 0.25) is 5.91 Å². The van der Waals surface area contributed by atoms with Crippen LogP contribution in [0.15, 0.2) is 65.6 Å². The molecule has 2 N–H and O–H groups in total. The maximum absolute atomic E-state index is 13.2. The minimum atomic E-state index is -0.503. The monoisotopic (exact) mass is 374 g/mol. The number of fused-ring (bicyclic) bond motifs is 3. The zero-order chi connectivity index (χ0) is 19.7. The van der Waals surface area contributed by atoms with Crippen molar-refractivity contribution in [3.8, 4) is 0 Å². The number of hydrogen-bond acceptors (Lipinski definition) is 3. The molecule has 0 aliphatic heterocycles. The summed E-state index contributed by atoms with van der Waals surface area (Å²) in [7, 11) is 0. The Hall–Kier alpha value is -3.41. The second-order valence-corrected chi connectivity index (χ2v) is 6.91. The highest BCUT2D eigenvalue weighted by Gasteiger charge is 2.26. The van der Waals surface area contributed by atoms with Crippen molar-refractivity contribution in [3.63, 3.8) is 0 Å². The first-order valence-electron chi connectivity index (χ1n) is 9.43. The molecule has 0 saturated carbocycles. The first-order valence-corrected chi connectivity index (χ1v) is 9.43. The highest BCUT2D eigenvalue weighted by atomic mass is 16.2. The summed E-state index contributed by atoms with van der Waals surface area (Å²) in [5.74, 6) is -0.113. The van der Waals surface area contributed by atoms with Gasteiger partial charge in [-0.25, -0.2) is 5.10 Å². The lowest BCUT2D eigenvalue weighted by molar-refractivity contribution is -0.124. The van der Waals surface area contributed by atoms with Crippen LogP contribution >= 0.6 is 0 Å². The van der Waals surface area contributed by atoms with Crippen LogP contribution in [0, 0.1) is 0 Å². The van der Waals surface area contributed by atoms with Crippen molar-refractivity contribution in [2.24, 2.45) is 0 Å². The number of aromatic nitrogens is 3. The topological polar surface area (TPSA) is 79.8 Å². The molecule has 0 saturated heterocycles. The lowest BCUT2D eigenvalue weighted by atomic mass is 10.1. The van der Waals surface area contributed by atoms with Gasteiger partial charge in [0, 0.05) is 10.8 Å². The number of amides is 1. The van der Waals surface area contributed by atoms with Gasteiger partial charge in [-0.05, 0) is 25.0 Å². The van der Waals surface area contributed by atoms with Gasteiger partial charge < -0.3 is 9.88 Å². The van der Waals surface area contributed by atoms with E-state index in [0.29, 0.717) is 11.9 Å². The number of hydrogen-bond donors (Lipinski definition) is 2. The van der Waals surface area contributed by atoms with Crippen molar-refractivity contribution in [3.05, 3.63) is 76.7 Å². The van der Waals surface area contributed by atoms with Crippen LogP contribution in [0.1, 0.15) is 37.9 Å². The summed E-state index contributed by atoms with van der Waals surface area (Å²) in [6.07, 6.45) is 2.20. The number of carbonyl (C=O) groups excluding carboxylic acids is 1. The second-order valence-electron chi connectivity index (χ2n) is 6.91. The van der Waals surface area contributed by atoms with Gasteiger partial charge >= 0.3 is 0 Å². The van der Waals surface area contributed by atoms with Crippen LogP contribution < -0.4 is 10.9 Å². The van der Waals surface area contributed by atoms with E-state index < -0.39 is 6.04 Å². The van der Waals surface area contributed by atoms with Gasteiger partial charge in [-0.15, -0.1) is 0 Å².